The van der Waals surface area contributed by atoms with Gasteiger partial charge in [0.2, 0.25) is 0 Å². The largest absolute Gasteiger partial charge is 0.393 e. The monoisotopic (exact) mass is 991 g/mol. The Morgan fingerprint density at radius 3 is 0.563 bits per heavy atom. The van der Waals surface area contributed by atoms with Crippen LogP contribution in [0.2, 0.25) is 0 Å². The number of unbranched alkanes of at least 4 members (excludes halogenated alkanes) is 51. The molecular formula is C70H134O. The number of hydrogen-bond donors (Lipinski definition) is 1. The molecule has 0 fully saturated rings. The van der Waals surface area contributed by atoms with E-state index >= 15 is 0 Å². The Bertz CT molecular complexity index is 1030. The quantitative estimate of drug-likeness (QED) is 0.0476. The predicted octanol–water partition coefficient (Wildman–Crippen LogP) is 25.6. The number of hydrogen-bond acceptors (Lipinski definition) is 1. The van der Waals surface area contributed by atoms with Crippen LogP contribution in [-0.4, -0.2) is 11.2 Å². The summed E-state index contributed by atoms with van der Waals surface area (Å²) in [5.41, 5.74) is 0. The van der Waals surface area contributed by atoms with Crippen molar-refractivity contribution in [3.63, 3.8) is 0 Å². The predicted molar refractivity (Wildman–Crippen MR) is 326 cm³/mol. The first-order valence-corrected chi connectivity index (χ1v) is 33.6. The minimum Gasteiger partial charge on any atom is -0.393 e. The first kappa shape index (κ1) is 69.9. The molecule has 0 heterocycles. The second kappa shape index (κ2) is 66.9. The fraction of sp³-hybridized carbons (Fsp3) is 0.886. The van der Waals surface area contributed by atoms with Crippen molar-refractivity contribution in [3.8, 4) is 0 Å². The zero-order valence-electron chi connectivity index (χ0n) is 49.4. The van der Waals surface area contributed by atoms with Crippen LogP contribution in [0, 0.1) is 0 Å². The standard InChI is InChI=1S/C70H134O/c1-3-5-7-9-11-13-15-17-19-21-22-23-24-25-26-27-28-29-30-31-32-33-34-35-36-37-38-39-40-41-42-43-44-45-46-47-48-49-50-51-52-53-55-57-59-61-63-65-67-69-70(71)68-66-64-62-60-58-56-54-20-18-16-14-12-10-8-6-4-2/h12,14,18,20,49-50,52-53,70-71H,3-11,13,15-17,19,21-48,51,54-69H2,1-2H3/b14-12-,20-18-,50-49-,53-52-. The van der Waals surface area contributed by atoms with E-state index in [4.69, 9.17) is 0 Å². The van der Waals surface area contributed by atoms with Gasteiger partial charge in [0.25, 0.3) is 0 Å². The van der Waals surface area contributed by atoms with Crippen molar-refractivity contribution in [2.24, 2.45) is 0 Å². The molecule has 0 amide bonds. The molecule has 0 aliphatic rings. The van der Waals surface area contributed by atoms with Gasteiger partial charge in [0.1, 0.15) is 0 Å². The van der Waals surface area contributed by atoms with Gasteiger partial charge in [-0.1, -0.05) is 364 Å². The number of aliphatic hydroxyl groups is 1. The lowest BCUT2D eigenvalue weighted by molar-refractivity contribution is 0.147. The Morgan fingerprint density at radius 2 is 0.352 bits per heavy atom. The molecule has 1 atom stereocenters. The Kier molecular flexibility index (Phi) is 65.9. The summed E-state index contributed by atoms with van der Waals surface area (Å²) in [6.45, 7) is 4.58. The highest BCUT2D eigenvalue weighted by Gasteiger charge is 2.04. The summed E-state index contributed by atoms with van der Waals surface area (Å²) in [5, 5.41) is 10.4. The summed E-state index contributed by atoms with van der Waals surface area (Å²) in [7, 11) is 0. The van der Waals surface area contributed by atoms with Crippen LogP contribution in [0.25, 0.3) is 0 Å². The summed E-state index contributed by atoms with van der Waals surface area (Å²) in [5.74, 6) is 0. The molecule has 0 aromatic heterocycles. The first-order valence-electron chi connectivity index (χ1n) is 33.6. The van der Waals surface area contributed by atoms with Crippen molar-refractivity contribution in [2.45, 2.75) is 399 Å². The van der Waals surface area contributed by atoms with Gasteiger partial charge in [-0.05, 0) is 77.0 Å². The minimum absolute atomic E-state index is 0.0674. The van der Waals surface area contributed by atoms with Gasteiger partial charge in [-0.15, -0.1) is 0 Å². The van der Waals surface area contributed by atoms with Crippen molar-refractivity contribution in [2.75, 3.05) is 0 Å². The molecule has 0 saturated carbocycles. The molecule has 0 rings (SSSR count). The second-order valence-corrected chi connectivity index (χ2v) is 23.1. The highest BCUT2D eigenvalue weighted by molar-refractivity contribution is 4.93. The Balaban J connectivity index is 3.21. The zero-order chi connectivity index (χ0) is 51.0. The van der Waals surface area contributed by atoms with Gasteiger partial charge in [-0.2, -0.15) is 0 Å². The summed E-state index contributed by atoms with van der Waals surface area (Å²) >= 11 is 0. The number of rotatable bonds is 63. The van der Waals surface area contributed by atoms with Crippen LogP contribution in [-0.2, 0) is 0 Å². The Labute approximate surface area is 450 Å². The molecular weight excluding hydrogens is 857 g/mol. The van der Waals surface area contributed by atoms with Crippen LogP contribution in [0.5, 0.6) is 0 Å². The summed E-state index contributed by atoms with van der Waals surface area (Å²) in [6, 6.07) is 0. The van der Waals surface area contributed by atoms with Crippen molar-refractivity contribution in [1.29, 1.82) is 0 Å². The molecule has 0 saturated heterocycles. The maximum Gasteiger partial charge on any atom is 0.0540 e. The van der Waals surface area contributed by atoms with Crippen molar-refractivity contribution >= 4 is 0 Å². The number of allylic oxidation sites excluding steroid dienone is 8. The fourth-order valence-corrected chi connectivity index (χ4v) is 10.7. The molecule has 0 spiro atoms. The van der Waals surface area contributed by atoms with Crippen LogP contribution < -0.4 is 0 Å². The maximum atomic E-state index is 10.4. The van der Waals surface area contributed by atoms with E-state index in [1.807, 2.05) is 0 Å². The van der Waals surface area contributed by atoms with Gasteiger partial charge in [0.15, 0.2) is 0 Å². The maximum absolute atomic E-state index is 10.4. The van der Waals surface area contributed by atoms with Gasteiger partial charge in [0, 0.05) is 0 Å². The average Bonchev–Trinajstić information content (AvgIpc) is 3.38. The van der Waals surface area contributed by atoms with Crippen LogP contribution in [0.3, 0.4) is 0 Å². The average molecular weight is 992 g/mol. The third-order valence-corrected chi connectivity index (χ3v) is 15.7. The molecule has 0 aliphatic heterocycles. The molecule has 1 N–H and O–H groups in total. The topological polar surface area (TPSA) is 20.2 Å². The van der Waals surface area contributed by atoms with Crippen molar-refractivity contribution in [3.05, 3.63) is 48.6 Å². The molecule has 0 radical (unpaired) electrons. The molecule has 1 heteroatoms. The Morgan fingerprint density at radius 1 is 0.197 bits per heavy atom. The van der Waals surface area contributed by atoms with Gasteiger partial charge in [0.05, 0.1) is 6.10 Å². The molecule has 420 valence electrons. The molecule has 1 unspecified atom stereocenters. The van der Waals surface area contributed by atoms with E-state index in [1.165, 1.54) is 353 Å². The van der Waals surface area contributed by atoms with E-state index in [0.29, 0.717) is 0 Å². The van der Waals surface area contributed by atoms with Crippen LogP contribution in [0.15, 0.2) is 48.6 Å². The highest BCUT2D eigenvalue weighted by Crippen LogP contribution is 2.19. The second-order valence-electron chi connectivity index (χ2n) is 23.1. The normalized spacial score (nSPS) is 12.7. The first-order chi connectivity index (χ1) is 35.3. The van der Waals surface area contributed by atoms with E-state index < -0.39 is 0 Å². The summed E-state index contributed by atoms with van der Waals surface area (Å²) < 4.78 is 0. The molecule has 1 nitrogen and oxygen atoms in total. The fourth-order valence-electron chi connectivity index (χ4n) is 10.7. The summed E-state index contributed by atoms with van der Waals surface area (Å²) in [4.78, 5) is 0. The van der Waals surface area contributed by atoms with Crippen molar-refractivity contribution in [1.82, 2.24) is 0 Å². The molecule has 0 aromatic carbocycles. The van der Waals surface area contributed by atoms with Crippen LogP contribution in [0.4, 0.5) is 0 Å². The van der Waals surface area contributed by atoms with E-state index in [0.717, 1.165) is 25.7 Å². The van der Waals surface area contributed by atoms with Crippen LogP contribution >= 0.6 is 0 Å². The zero-order valence-corrected chi connectivity index (χ0v) is 49.4. The third kappa shape index (κ3) is 66.9. The highest BCUT2D eigenvalue weighted by atomic mass is 16.3. The van der Waals surface area contributed by atoms with Gasteiger partial charge < -0.3 is 5.11 Å². The lowest BCUT2D eigenvalue weighted by Gasteiger charge is -2.10. The lowest BCUT2D eigenvalue weighted by Crippen LogP contribution is -2.05. The molecule has 71 heavy (non-hydrogen) atoms. The number of aliphatic hydroxyl groups excluding tert-OH is 1. The molecule has 0 aliphatic carbocycles. The van der Waals surface area contributed by atoms with Gasteiger partial charge in [-0.3, -0.25) is 0 Å². The van der Waals surface area contributed by atoms with Gasteiger partial charge >= 0.3 is 0 Å². The minimum atomic E-state index is -0.0674. The summed E-state index contributed by atoms with van der Waals surface area (Å²) in [6.07, 6.45) is 101. The van der Waals surface area contributed by atoms with Gasteiger partial charge in [-0.25, -0.2) is 0 Å². The van der Waals surface area contributed by atoms with E-state index in [1.54, 1.807) is 0 Å². The Hall–Kier alpha value is -1.08. The third-order valence-electron chi connectivity index (χ3n) is 15.7. The smallest absolute Gasteiger partial charge is 0.0540 e. The SMILES string of the molecule is CCCCC/C=C\C/C=C\CCCCCCCCC(O)CCCCCCCC/C=C\C/C=C\CCCCCCCCCCCCCCCCCCCCCCCCCCCCCCCCCCCCCC. The molecule has 0 aromatic rings. The lowest BCUT2D eigenvalue weighted by atomic mass is 10.0. The van der Waals surface area contributed by atoms with E-state index in [-0.39, 0.29) is 6.10 Å². The van der Waals surface area contributed by atoms with Crippen molar-refractivity contribution < 1.29 is 5.11 Å². The van der Waals surface area contributed by atoms with Crippen LogP contribution in [0.1, 0.15) is 393 Å². The molecule has 0 bridgehead atoms. The van der Waals surface area contributed by atoms with E-state index in [9.17, 15) is 5.11 Å². The van der Waals surface area contributed by atoms with E-state index in [2.05, 4.69) is 62.5 Å².